The maximum absolute atomic E-state index is 11.9. The number of anilines is 2. The van der Waals surface area contributed by atoms with Crippen molar-refractivity contribution in [3.05, 3.63) is 60.8 Å². The Morgan fingerprint density at radius 3 is 2.35 bits per heavy atom. The van der Waals surface area contributed by atoms with Crippen molar-refractivity contribution < 1.29 is 9.59 Å². The van der Waals surface area contributed by atoms with Crippen LogP contribution in [0.25, 0.3) is 10.9 Å². The van der Waals surface area contributed by atoms with E-state index < -0.39 is 11.8 Å². The molecular weight excluding hydrogens is 292 g/mol. The standard InChI is InChI=1S/C17H14N4O2/c22-16(20-14-7-3-4-10-18-14)11-17(23)21-15-9-8-12-5-1-2-6-13(12)19-15/h1-10H,11H2,(H,18,20,22)(H,19,21,23). The normalized spacial score (nSPS) is 10.3. The van der Waals surface area contributed by atoms with Crippen LogP contribution >= 0.6 is 0 Å². The van der Waals surface area contributed by atoms with Crippen molar-refractivity contribution in [2.75, 3.05) is 10.6 Å². The van der Waals surface area contributed by atoms with E-state index in [-0.39, 0.29) is 6.42 Å². The molecule has 0 saturated carbocycles. The maximum Gasteiger partial charge on any atom is 0.234 e. The quantitative estimate of drug-likeness (QED) is 0.726. The Hall–Kier alpha value is -3.28. The van der Waals surface area contributed by atoms with Crippen molar-refractivity contribution in [2.45, 2.75) is 6.42 Å². The van der Waals surface area contributed by atoms with Gasteiger partial charge in [-0.05, 0) is 30.3 Å². The molecule has 0 fully saturated rings. The van der Waals surface area contributed by atoms with Crippen LogP contribution in [-0.4, -0.2) is 21.8 Å². The number of rotatable bonds is 4. The molecule has 23 heavy (non-hydrogen) atoms. The fourth-order valence-corrected chi connectivity index (χ4v) is 2.09. The van der Waals surface area contributed by atoms with Crippen LogP contribution in [-0.2, 0) is 9.59 Å². The van der Waals surface area contributed by atoms with E-state index in [2.05, 4.69) is 20.6 Å². The predicted octanol–water partition coefficient (Wildman–Crippen LogP) is 2.60. The Morgan fingerprint density at radius 2 is 1.57 bits per heavy atom. The highest BCUT2D eigenvalue weighted by Gasteiger charge is 2.11. The summed E-state index contributed by atoms with van der Waals surface area (Å²) in [6, 6.07) is 16.3. The summed E-state index contributed by atoms with van der Waals surface area (Å²) in [7, 11) is 0. The zero-order valence-corrected chi connectivity index (χ0v) is 12.2. The smallest absolute Gasteiger partial charge is 0.234 e. The van der Waals surface area contributed by atoms with E-state index in [9.17, 15) is 9.59 Å². The Morgan fingerprint density at radius 1 is 0.826 bits per heavy atom. The summed E-state index contributed by atoms with van der Waals surface area (Å²) < 4.78 is 0. The molecule has 0 aliphatic heterocycles. The Labute approximate surface area is 132 Å². The molecule has 2 aromatic heterocycles. The van der Waals surface area contributed by atoms with Crippen LogP contribution in [0, 0.1) is 0 Å². The van der Waals surface area contributed by atoms with Gasteiger partial charge in [0.25, 0.3) is 0 Å². The van der Waals surface area contributed by atoms with E-state index in [1.807, 2.05) is 30.3 Å². The number of pyridine rings is 2. The van der Waals surface area contributed by atoms with E-state index in [0.29, 0.717) is 11.6 Å². The molecule has 0 aliphatic rings. The van der Waals surface area contributed by atoms with Gasteiger partial charge in [-0.1, -0.05) is 24.3 Å². The van der Waals surface area contributed by atoms with E-state index in [1.54, 1.807) is 30.5 Å². The fraction of sp³-hybridized carbons (Fsp3) is 0.0588. The minimum Gasteiger partial charge on any atom is -0.310 e. The zero-order chi connectivity index (χ0) is 16.1. The van der Waals surface area contributed by atoms with Gasteiger partial charge < -0.3 is 10.6 Å². The van der Waals surface area contributed by atoms with Crippen molar-refractivity contribution in [1.29, 1.82) is 0 Å². The maximum atomic E-state index is 11.9. The molecular formula is C17H14N4O2. The number of benzene rings is 1. The molecule has 6 nitrogen and oxygen atoms in total. The van der Waals surface area contributed by atoms with Gasteiger partial charge in [0.05, 0.1) is 5.52 Å². The molecule has 2 heterocycles. The van der Waals surface area contributed by atoms with Gasteiger partial charge in [0.1, 0.15) is 18.1 Å². The molecule has 0 unspecified atom stereocenters. The van der Waals surface area contributed by atoms with Crippen LogP contribution in [0.15, 0.2) is 60.8 Å². The molecule has 2 N–H and O–H groups in total. The number of para-hydroxylation sites is 1. The second-order valence-electron chi connectivity index (χ2n) is 4.88. The lowest BCUT2D eigenvalue weighted by atomic mass is 10.2. The van der Waals surface area contributed by atoms with Crippen LogP contribution in [0.3, 0.4) is 0 Å². The van der Waals surface area contributed by atoms with Crippen LogP contribution in [0.2, 0.25) is 0 Å². The van der Waals surface area contributed by atoms with Crippen molar-refractivity contribution in [1.82, 2.24) is 9.97 Å². The van der Waals surface area contributed by atoms with Crippen molar-refractivity contribution in [3.63, 3.8) is 0 Å². The molecule has 2 amide bonds. The van der Waals surface area contributed by atoms with E-state index in [0.717, 1.165) is 10.9 Å². The predicted molar refractivity (Wildman–Crippen MR) is 87.9 cm³/mol. The molecule has 0 bridgehead atoms. The van der Waals surface area contributed by atoms with Crippen LogP contribution in [0.1, 0.15) is 6.42 Å². The zero-order valence-electron chi connectivity index (χ0n) is 12.2. The molecule has 6 heteroatoms. The number of fused-ring (bicyclic) bond motifs is 1. The van der Waals surface area contributed by atoms with Crippen molar-refractivity contribution in [3.8, 4) is 0 Å². The van der Waals surface area contributed by atoms with E-state index in [4.69, 9.17) is 0 Å². The number of hydrogen-bond acceptors (Lipinski definition) is 4. The summed E-state index contributed by atoms with van der Waals surface area (Å²) in [5.41, 5.74) is 0.781. The highest BCUT2D eigenvalue weighted by molar-refractivity contribution is 6.07. The van der Waals surface area contributed by atoms with Gasteiger partial charge in [-0.3, -0.25) is 9.59 Å². The fourth-order valence-electron chi connectivity index (χ4n) is 2.09. The summed E-state index contributed by atoms with van der Waals surface area (Å²) >= 11 is 0. The molecule has 114 valence electrons. The van der Waals surface area contributed by atoms with Gasteiger partial charge in [0.2, 0.25) is 11.8 Å². The van der Waals surface area contributed by atoms with E-state index in [1.165, 1.54) is 0 Å². The van der Waals surface area contributed by atoms with Crippen LogP contribution in [0.4, 0.5) is 11.6 Å². The minimum atomic E-state index is -0.429. The Bertz CT molecular complexity index is 849. The number of amides is 2. The number of hydrogen-bond donors (Lipinski definition) is 2. The highest BCUT2D eigenvalue weighted by atomic mass is 16.2. The topological polar surface area (TPSA) is 84.0 Å². The number of carbonyl (C=O) groups is 2. The second kappa shape index (κ2) is 6.65. The lowest BCUT2D eigenvalue weighted by Crippen LogP contribution is -2.22. The van der Waals surface area contributed by atoms with E-state index >= 15 is 0 Å². The third-order valence-electron chi connectivity index (χ3n) is 3.12. The molecule has 0 spiro atoms. The van der Waals surface area contributed by atoms with Gasteiger partial charge in [-0.15, -0.1) is 0 Å². The summed E-state index contributed by atoms with van der Waals surface area (Å²) in [5, 5.41) is 6.16. The first-order chi connectivity index (χ1) is 11.2. The van der Waals surface area contributed by atoms with Crippen LogP contribution in [0.5, 0.6) is 0 Å². The minimum absolute atomic E-state index is 0.301. The average molecular weight is 306 g/mol. The summed E-state index contributed by atoms with van der Waals surface area (Å²) in [5.74, 6) is -0.0309. The molecule has 3 rings (SSSR count). The molecule has 0 aliphatic carbocycles. The lowest BCUT2D eigenvalue weighted by molar-refractivity contribution is -0.123. The second-order valence-corrected chi connectivity index (χ2v) is 4.88. The average Bonchev–Trinajstić information content (AvgIpc) is 2.55. The Kier molecular flexibility index (Phi) is 4.24. The molecule has 0 radical (unpaired) electrons. The van der Waals surface area contributed by atoms with Crippen LogP contribution < -0.4 is 10.6 Å². The van der Waals surface area contributed by atoms with Crippen molar-refractivity contribution in [2.24, 2.45) is 0 Å². The number of aromatic nitrogens is 2. The highest BCUT2D eigenvalue weighted by Crippen LogP contribution is 2.14. The van der Waals surface area contributed by atoms with Gasteiger partial charge in [0.15, 0.2) is 0 Å². The largest absolute Gasteiger partial charge is 0.310 e. The summed E-state index contributed by atoms with van der Waals surface area (Å²) in [6.45, 7) is 0. The number of nitrogens with one attached hydrogen (secondary N) is 2. The third-order valence-corrected chi connectivity index (χ3v) is 3.12. The van der Waals surface area contributed by atoms with Gasteiger partial charge in [-0.25, -0.2) is 9.97 Å². The molecule has 0 atom stereocenters. The first kappa shape index (κ1) is 14.6. The third kappa shape index (κ3) is 3.88. The van der Waals surface area contributed by atoms with Gasteiger partial charge >= 0.3 is 0 Å². The SMILES string of the molecule is O=C(CC(=O)Nc1ccc2ccccc2n1)Nc1ccccn1. The molecule has 3 aromatic rings. The van der Waals surface area contributed by atoms with Crippen molar-refractivity contribution >= 4 is 34.4 Å². The first-order valence-corrected chi connectivity index (χ1v) is 7.07. The number of nitrogens with zero attached hydrogens (tertiary/aromatic N) is 2. The van der Waals surface area contributed by atoms with Gasteiger partial charge in [0, 0.05) is 11.6 Å². The van der Waals surface area contributed by atoms with Gasteiger partial charge in [-0.2, -0.15) is 0 Å². The summed E-state index contributed by atoms with van der Waals surface area (Å²) in [4.78, 5) is 32.0. The molecule has 1 aromatic carbocycles. The molecule has 0 saturated heterocycles. The summed E-state index contributed by atoms with van der Waals surface area (Å²) in [6.07, 6.45) is 1.26. The monoisotopic (exact) mass is 306 g/mol. The lowest BCUT2D eigenvalue weighted by Gasteiger charge is -2.06. The number of carbonyl (C=O) groups excluding carboxylic acids is 2. The first-order valence-electron chi connectivity index (χ1n) is 7.07. The Balaban J connectivity index is 1.60.